The number of nitrogens with zero attached hydrogens (tertiary/aromatic N) is 2. The minimum absolute atomic E-state index is 0.00883. The topological polar surface area (TPSA) is 60.9 Å². The molecule has 0 unspecified atom stereocenters. The molecule has 1 N–H and O–H groups in total. The summed E-state index contributed by atoms with van der Waals surface area (Å²) in [6.45, 7) is 2.30. The molecule has 1 spiro atoms. The van der Waals surface area contributed by atoms with E-state index in [-0.39, 0.29) is 16.9 Å². The van der Waals surface area contributed by atoms with Crippen molar-refractivity contribution in [1.82, 2.24) is 4.90 Å². The van der Waals surface area contributed by atoms with E-state index in [4.69, 9.17) is 5.11 Å². The highest BCUT2D eigenvalue weighted by Crippen LogP contribution is 2.46. The van der Waals surface area contributed by atoms with Gasteiger partial charge in [0.25, 0.3) is 0 Å². The van der Waals surface area contributed by atoms with Gasteiger partial charge in [0.15, 0.2) is 0 Å². The molecule has 0 radical (unpaired) electrons. The molecule has 3 fully saturated rings. The number of amides is 1. The predicted octanol–water partition coefficient (Wildman–Crippen LogP) is 4.52. The first-order chi connectivity index (χ1) is 15.1. The normalized spacial score (nSPS) is 20.6. The van der Waals surface area contributed by atoms with E-state index in [1.165, 1.54) is 24.3 Å². The molecular formula is C24H23F3N2O3. The van der Waals surface area contributed by atoms with E-state index in [0.717, 1.165) is 24.0 Å². The summed E-state index contributed by atoms with van der Waals surface area (Å²) in [5.74, 6) is -0.666. The maximum absolute atomic E-state index is 13.2. The maximum atomic E-state index is 13.2. The van der Waals surface area contributed by atoms with Gasteiger partial charge in [0.05, 0.1) is 11.1 Å². The second-order valence-corrected chi connectivity index (χ2v) is 9.34. The van der Waals surface area contributed by atoms with E-state index in [0.29, 0.717) is 44.2 Å². The van der Waals surface area contributed by atoms with Crippen LogP contribution in [0.4, 0.5) is 18.9 Å². The van der Waals surface area contributed by atoms with Crippen LogP contribution in [0, 0.1) is 5.41 Å². The van der Waals surface area contributed by atoms with Crippen molar-refractivity contribution in [2.24, 2.45) is 5.41 Å². The molecule has 1 saturated carbocycles. The number of carbonyl (C=O) groups is 2. The molecule has 0 aromatic heterocycles. The summed E-state index contributed by atoms with van der Waals surface area (Å²) in [4.78, 5) is 27.5. The van der Waals surface area contributed by atoms with Crippen LogP contribution in [0.25, 0.3) is 0 Å². The molecule has 2 aromatic rings. The van der Waals surface area contributed by atoms with Crippen molar-refractivity contribution in [3.05, 3.63) is 64.7 Å². The first-order valence-corrected chi connectivity index (χ1v) is 10.7. The van der Waals surface area contributed by atoms with Gasteiger partial charge in [0, 0.05) is 43.7 Å². The second-order valence-electron chi connectivity index (χ2n) is 9.34. The molecule has 5 rings (SSSR count). The third kappa shape index (κ3) is 3.88. The van der Waals surface area contributed by atoms with Crippen molar-refractivity contribution in [3.8, 4) is 0 Å². The monoisotopic (exact) mass is 444 g/mol. The fourth-order valence-corrected chi connectivity index (χ4v) is 5.09. The lowest BCUT2D eigenvalue weighted by atomic mass is 9.78. The van der Waals surface area contributed by atoms with Crippen LogP contribution in [0.5, 0.6) is 0 Å². The first-order valence-electron chi connectivity index (χ1n) is 10.7. The standard InChI is InChI=1S/C24H23F3N2O3/c25-24(26,27)18-5-8-20(15-1-2-15)17(9-18)11-28-12-23(13-28)10-21(30)29(14-23)19-6-3-16(4-7-19)22(31)32/h3-9,15H,1-2,10-14H2,(H,31,32). The number of alkyl halides is 3. The predicted molar refractivity (Wildman–Crippen MR) is 112 cm³/mol. The molecule has 0 atom stereocenters. The Kier molecular flexibility index (Phi) is 4.81. The molecule has 3 aliphatic rings. The van der Waals surface area contributed by atoms with Crippen molar-refractivity contribution >= 4 is 17.6 Å². The van der Waals surface area contributed by atoms with E-state index in [2.05, 4.69) is 4.90 Å². The summed E-state index contributed by atoms with van der Waals surface area (Å²) in [5, 5.41) is 9.04. The van der Waals surface area contributed by atoms with E-state index < -0.39 is 17.7 Å². The molecule has 1 aliphatic carbocycles. The Hall–Kier alpha value is -2.87. The van der Waals surface area contributed by atoms with Crippen molar-refractivity contribution in [1.29, 1.82) is 0 Å². The van der Waals surface area contributed by atoms with Crippen molar-refractivity contribution in [3.63, 3.8) is 0 Å². The minimum Gasteiger partial charge on any atom is -0.478 e. The van der Waals surface area contributed by atoms with Crippen LogP contribution in [0.2, 0.25) is 0 Å². The molecular weight excluding hydrogens is 421 g/mol. The van der Waals surface area contributed by atoms with Crippen LogP contribution in [-0.2, 0) is 17.5 Å². The number of benzene rings is 2. The lowest BCUT2D eigenvalue weighted by Crippen LogP contribution is -2.57. The number of halogens is 3. The third-order valence-electron chi connectivity index (χ3n) is 6.75. The van der Waals surface area contributed by atoms with E-state index in [9.17, 15) is 22.8 Å². The number of hydrogen-bond donors (Lipinski definition) is 1. The smallest absolute Gasteiger partial charge is 0.416 e. The van der Waals surface area contributed by atoms with Crippen LogP contribution in [0.1, 0.15) is 52.2 Å². The van der Waals surface area contributed by atoms with Crippen LogP contribution in [0.15, 0.2) is 42.5 Å². The molecule has 2 saturated heterocycles. The Balaban J connectivity index is 1.27. The lowest BCUT2D eigenvalue weighted by molar-refractivity contribution is -0.137. The average molecular weight is 444 g/mol. The van der Waals surface area contributed by atoms with Gasteiger partial charge in [0.1, 0.15) is 0 Å². The summed E-state index contributed by atoms with van der Waals surface area (Å²) < 4.78 is 39.7. The van der Waals surface area contributed by atoms with E-state index in [1.807, 2.05) is 0 Å². The van der Waals surface area contributed by atoms with Crippen molar-refractivity contribution < 1.29 is 27.9 Å². The Morgan fingerprint density at radius 2 is 1.75 bits per heavy atom. The average Bonchev–Trinajstić information content (AvgIpc) is 3.49. The molecule has 5 nitrogen and oxygen atoms in total. The Labute approximate surface area is 183 Å². The van der Waals surface area contributed by atoms with Gasteiger partial charge in [-0.05, 0) is 66.3 Å². The summed E-state index contributed by atoms with van der Waals surface area (Å²) in [6.07, 6.45) is -1.93. The molecule has 8 heteroatoms. The maximum Gasteiger partial charge on any atom is 0.416 e. The van der Waals surface area contributed by atoms with Crippen LogP contribution < -0.4 is 4.90 Å². The van der Waals surface area contributed by atoms with Gasteiger partial charge in [-0.3, -0.25) is 9.69 Å². The number of carbonyl (C=O) groups excluding carboxylic acids is 1. The van der Waals surface area contributed by atoms with E-state index >= 15 is 0 Å². The lowest BCUT2D eigenvalue weighted by Gasteiger charge is -2.47. The number of aromatic carboxylic acids is 1. The fraction of sp³-hybridized carbons (Fsp3) is 0.417. The number of hydrogen-bond acceptors (Lipinski definition) is 3. The third-order valence-corrected chi connectivity index (χ3v) is 6.75. The summed E-state index contributed by atoms with van der Waals surface area (Å²) in [6, 6.07) is 10.3. The zero-order chi connectivity index (χ0) is 22.7. The molecule has 2 aliphatic heterocycles. The van der Waals surface area contributed by atoms with Crippen molar-refractivity contribution in [2.75, 3.05) is 24.5 Å². The van der Waals surface area contributed by atoms with Gasteiger partial charge >= 0.3 is 12.1 Å². The van der Waals surface area contributed by atoms with Crippen LogP contribution >= 0.6 is 0 Å². The van der Waals surface area contributed by atoms with Gasteiger partial charge in [-0.1, -0.05) is 6.07 Å². The van der Waals surface area contributed by atoms with Crippen molar-refractivity contribution in [2.45, 2.75) is 37.9 Å². The zero-order valence-corrected chi connectivity index (χ0v) is 17.4. The number of likely N-dealkylation sites (tertiary alicyclic amines) is 1. The molecule has 2 heterocycles. The minimum atomic E-state index is -4.36. The highest BCUT2D eigenvalue weighted by Gasteiger charge is 2.51. The number of carboxylic acid groups (broad SMARTS) is 1. The quantitative estimate of drug-likeness (QED) is 0.737. The molecule has 168 valence electrons. The SMILES string of the molecule is O=C(O)c1ccc(N2CC3(CC2=O)CN(Cc2cc(C(F)(F)F)ccc2C2CC2)C3)cc1. The molecule has 0 bridgehead atoms. The fourth-order valence-electron chi connectivity index (χ4n) is 5.09. The highest BCUT2D eigenvalue weighted by molar-refractivity contribution is 5.97. The van der Waals surface area contributed by atoms with Gasteiger partial charge < -0.3 is 10.0 Å². The number of carboxylic acids is 1. The Morgan fingerprint density at radius 1 is 1.06 bits per heavy atom. The largest absolute Gasteiger partial charge is 0.478 e. The van der Waals surface area contributed by atoms with Gasteiger partial charge in [0.2, 0.25) is 5.91 Å². The van der Waals surface area contributed by atoms with Gasteiger partial charge in [-0.2, -0.15) is 13.2 Å². The van der Waals surface area contributed by atoms with Crippen LogP contribution in [-0.4, -0.2) is 41.5 Å². The number of anilines is 1. The summed E-state index contributed by atoms with van der Waals surface area (Å²) in [5.41, 5.74) is 1.77. The number of rotatable bonds is 5. The van der Waals surface area contributed by atoms with Crippen LogP contribution in [0.3, 0.4) is 0 Å². The highest BCUT2D eigenvalue weighted by atomic mass is 19.4. The molecule has 2 aromatic carbocycles. The molecule has 32 heavy (non-hydrogen) atoms. The van der Waals surface area contributed by atoms with Gasteiger partial charge in [-0.15, -0.1) is 0 Å². The summed E-state index contributed by atoms with van der Waals surface area (Å²) >= 11 is 0. The Bertz CT molecular complexity index is 1070. The van der Waals surface area contributed by atoms with E-state index in [1.54, 1.807) is 23.1 Å². The van der Waals surface area contributed by atoms with Gasteiger partial charge in [-0.25, -0.2) is 4.79 Å². The second kappa shape index (κ2) is 7.33. The first kappa shape index (κ1) is 21.0. The summed E-state index contributed by atoms with van der Waals surface area (Å²) in [7, 11) is 0. The zero-order valence-electron chi connectivity index (χ0n) is 17.4. The molecule has 1 amide bonds. The Morgan fingerprint density at radius 3 is 2.34 bits per heavy atom.